The van der Waals surface area contributed by atoms with Gasteiger partial charge in [-0.3, -0.25) is 14.3 Å². The number of ether oxygens (including phenoxy) is 4. The average Bonchev–Trinajstić information content (AvgIpc) is 3.45. The number of hydrogen-bond acceptors (Lipinski definition) is 11. The first-order valence-electron chi connectivity index (χ1n) is 14.3. The normalized spacial score (nSPS) is 11.5. The maximum absolute atomic E-state index is 12.9. The van der Waals surface area contributed by atoms with Crippen molar-refractivity contribution in [2.45, 2.75) is 45.2 Å². The van der Waals surface area contributed by atoms with E-state index >= 15 is 0 Å². The third-order valence-corrected chi connectivity index (χ3v) is 6.39. The summed E-state index contributed by atoms with van der Waals surface area (Å²) in [5, 5.41) is 5.23. The molecule has 5 N–H and O–H groups in total. The number of esters is 1. The number of H-pyrrole nitrogens is 1. The first-order chi connectivity index (χ1) is 21.9. The maximum atomic E-state index is 12.9. The number of nitrogens with zero attached hydrogens (tertiary/aromatic N) is 3. The van der Waals surface area contributed by atoms with Crippen molar-refractivity contribution < 1.29 is 33.3 Å². The Morgan fingerprint density at radius 2 is 1.56 bits per heavy atom. The third-order valence-electron chi connectivity index (χ3n) is 6.39. The number of benzene rings is 2. The molecule has 1 unspecified atom stereocenters. The Kier molecular flexibility index (Phi) is 12.3. The molecule has 238 valence electrons. The number of rotatable bonds is 16. The summed E-state index contributed by atoms with van der Waals surface area (Å²) in [5.41, 5.74) is 7.17. The molecule has 2 heterocycles. The molecule has 0 saturated carbocycles. The lowest BCUT2D eigenvalue weighted by molar-refractivity contribution is -0.148. The standard InChI is InChI=1S/C30H35N7O8/c31-28-35-25-24(26(38)36-28)33-19-37(25)20-42-15-16-43-27(39)23(34-30(41)45-18-22-11-5-2-6-12-22)13-7-8-14-32-29(40)44-17-21-9-3-1-4-10-21/h1-6,9-12,19,23H,7-8,13-18,20H2,(H,32,40)(H,34,41)(H3,31,35,36,38). The van der Waals surface area contributed by atoms with Crippen LogP contribution in [0.2, 0.25) is 0 Å². The summed E-state index contributed by atoms with van der Waals surface area (Å²) in [4.78, 5) is 59.7. The Balaban J connectivity index is 1.20. The van der Waals surface area contributed by atoms with Gasteiger partial charge >= 0.3 is 18.2 Å². The molecule has 0 aliphatic rings. The number of nitrogens with one attached hydrogen (secondary N) is 3. The molecule has 0 saturated heterocycles. The molecule has 4 rings (SSSR count). The summed E-state index contributed by atoms with van der Waals surface area (Å²) in [6.07, 6.45) is 1.31. The van der Waals surface area contributed by atoms with Crippen molar-refractivity contribution in [3.63, 3.8) is 0 Å². The largest absolute Gasteiger partial charge is 0.462 e. The van der Waals surface area contributed by atoms with Crippen LogP contribution in [-0.2, 0) is 43.7 Å². The Morgan fingerprint density at radius 1 is 0.889 bits per heavy atom. The van der Waals surface area contributed by atoms with Crippen molar-refractivity contribution in [3.05, 3.63) is 88.5 Å². The first-order valence-corrected chi connectivity index (χ1v) is 14.3. The number of carbonyl (C=O) groups is 3. The summed E-state index contributed by atoms with van der Waals surface area (Å²) >= 11 is 0. The highest BCUT2D eigenvalue weighted by Gasteiger charge is 2.23. The van der Waals surface area contributed by atoms with E-state index < -0.39 is 29.8 Å². The third kappa shape index (κ3) is 10.7. The number of anilines is 1. The molecule has 45 heavy (non-hydrogen) atoms. The van der Waals surface area contributed by atoms with Gasteiger partial charge < -0.3 is 35.3 Å². The fourth-order valence-corrected chi connectivity index (χ4v) is 4.12. The van der Waals surface area contributed by atoms with Gasteiger partial charge in [-0.15, -0.1) is 0 Å². The van der Waals surface area contributed by atoms with Gasteiger partial charge in [0.2, 0.25) is 5.95 Å². The molecule has 2 aromatic carbocycles. The van der Waals surface area contributed by atoms with Crippen molar-refractivity contribution in [1.82, 2.24) is 30.2 Å². The predicted octanol–water partition coefficient (Wildman–Crippen LogP) is 2.61. The van der Waals surface area contributed by atoms with E-state index in [2.05, 4.69) is 25.6 Å². The summed E-state index contributed by atoms with van der Waals surface area (Å²) in [5.74, 6) is -0.720. The minimum atomic E-state index is -0.991. The van der Waals surface area contributed by atoms with Crippen LogP contribution in [0, 0.1) is 0 Å². The van der Waals surface area contributed by atoms with Crippen molar-refractivity contribution in [2.24, 2.45) is 0 Å². The summed E-state index contributed by atoms with van der Waals surface area (Å²) in [6.45, 7) is 0.406. The Bertz CT molecular complexity index is 1590. The molecule has 0 aliphatic heterocycles. The minimum Gasteiger partial charge on any atom is -0.462 e. The van der Waals surface area contributed by atoms with E-state index in [0.29, 0.717) is 19.4 Å². The van der Waals surface area contributed by atoms with Crippen molar-refractivity contribution in [2.75, 3.05) is 25.5 Å². The van der Waals surface area contributed by atoms with Gasteiger partial charge in [-0.25, -0.2) is 19.4 Å². The summed E-state index contributed by atoms with van der Waals surface area (Å²) in [7, 11) is 0. The van der Waals surface area contributed by atoms with E-state index in [-0.39, 0.29) is 56.7 Å². The molecule has 1 atom stereocenters. The number of amides is 2. The number of nitrogens with two attached hydrogens (primary N) is 1. The molecule has 0 spiro atoms. The van der Waals surface area contributed by atoms with E-state index in [1.54, 1.807) is 0 Å². The number of hydrogen-bond donors (Lipinski definition) is 4. The van der Waals surface area contributed by atoms with E-state index in [9.17, 15) is 19.2 Å². The maximum Gasteiger partial charge on any atom is 0.408 e. The van der Waals surface area contributed by atoms with Crippen molar-refractivity contribution in [1.29, 1.82) is 0 Å². The second-order valence-corrected chi connectivity index (χ2v) is 9.79. The van der Waals surface area contributed by atoms with E-state index in [4.69, 9.17) is 24.7 Å². The molecular weight excluding hydrogens is 586 g/mol. The van der Waals surface area contributed by atoms with Crippen LogP contribution in [0.3, 0.4) is 0 Å². The van der Waals surface area contributed by atoms with Gasteiger partial charge in [-0.1, -0.05) is 60.7 Å². The molecule has 0 bridgehead atoms. The van der Waals surface area contributed by atoms with Gasteiger partial charge in [-0.2, -0.15) is 4.98 Å². The highest BCUT2D eigenvalue weighted by atomic mass is 16.6. The van der Waals surface area contributed by atoms with Crippen LogP contribution in [0.5, 0.6) is 0 Å². The Hall–Kier alpha value is -5.44. The monoisotopic (exact) mass is 621 g/mol. The van der Waals surface area contributed by atoms with Crippen LogP contribution >= 0.6 is 0 Å². The quantitative estimate of drug-likeness (QED) is 0.0814. The van der Waals surface area contributed by atoms with Crippen LogP contribution in [0.4, 0.5) is 15.5 Å². The lowest BCUT2D eigenvalue weighted by atomic mass is 10.1. The zero-order valence-corrected chi connectivity index (χ0v) is 24.5. The fourth-order valence-electron chi connectivity index (χ4n) is 4.12. The number of aromatic amines is 1. The number of alkyl carbamates (subject to hydrolysis) is 2. The molecule has 0 radical (unpaired) electrons. The van der Waals surface area contributed by atoms with Crippen LogP contribution in [0.25, 0.3) is 11.2 Å². The fraction of sp³-hybridized carbons (Fsp3) is 0.333. The number of unbranched alkanes of at least 4 members (excludes halogenated alkanes) is 1. The molecule has 15 heteroatoms. The molecule has 2 aromatic heterocycles. The van der Waals surface area contributed by atoms with Gasteiger partial charge in [0.1, 0.15) is 32.6 Å². The summed E-state index contributed by atoms with van der Waals surface area (Å²) in [6, 6.07) is 17.4. The van der Waals surface area contributed by atoms with Crippen molar-refractivity contribution >= 4 is 35.3 Å². The van der Waals surface area contributed by atoms with Gasteiger partial charge in [-0.05, 0) is 30.4 Å². The number of nitrogen functional groups attached to an aromatic ring is 1. The molecule has 0 aliphatic carbocycles. The number of imidazole rings is 1. The van der Waals surface area contributed by atoms with E-state index in [1.165, 1.54) is 10.9 Å². The van der Waals surface area contributed by atoms with Gasteiger partial charge in [0, 0.05) is 6.54 Å². The van der Waals surface area contributed by atoms with Gasteiger partial charge in [0.25, 0.3) is 5.56 Å². The zero-order valence-electron chi connectivity index (χ0n) is 24.5. The molecule has 15 nitrogen and oxygen atoms in total. The zero-order chi connectivity index (χ0) is 31.9. The SMILES string of the molecule is Nc1nc2c(ncn2COCCOC(=O)C(CCCCNC(=O)OCc2ccccc2)NC(=O)OCc2ccccc2)c(=O)[nH]1. The molecular formula is C30H35N7O8. The van der Waals surface area contributed by atoms with Crippen LogP contribution in [0.15, 0.2) is 71.8 Å². The Morgan fingerprint density at radius 3 is 2.24 bits per heavy atom. The summed E-state index contributed by atoms with van der Waals surface area (Å²) < 4.78 is 22.8. The highest BCUT2D eigenvalue weighted by Crippen LogP contribution is 2.08. The van der Waals surface area contributed by atoms with E-state index in [1.807, 2.05) is 60.7 Å². The van der Waals surface area contributed by atoms with E-state index in [0.717, 1.165) is 11.1 Å². The van der Waals surface area contributed by atoms with Crippen LogP contribution in [0.1, 0.15) is 30.4 Å². The predicted molar refractivity (Wildman–Crippen MR) is 162 cm³/mol. The molecule has 2 amide bonds. The van der Waals surface area contributed by atoms with Crippen LogP contribution in [-0.4, -0.2) is 63.5 Å². The lowest BCUT2D eigenvalue weighted by Crippen LogP contribution is -2.42. The Labute approximate surface area is 258 Å². The average molecular weight is 622 g/mol. The topological polar surface area (TPSA) is 202 Å². The lowest BCUT2D eigenvalue weighted by Gasteiger charge is -2.18. The highest BCUT2D eigenvalue weighted by molar-refractivity contribution is 5.81. The number of fused-ring (bicyclic) bond motifs is 1. The van der Waals surface area contributed by atoms with Crippen molar-refractivity contribution in [3.8, 4) is 0 Å². The second kappa shape index (κ2) is 17.0. The smallest absolute Gasteiger partial charge is 0.408 e. The first kappa shape index (κ1) is 32.5. The molecule has 4 aromatic rings. The number of carbonyl (C=O) groups excluding carboxylic acids is 3. The van der Waals surface area contributed by atoms with Gasteiger partial charge in [0.05, 0.1) is 12.9 Å². The van der Waals surface area contributed by atoms with Gasteiger partial charge in [0.15, 0.2) is 11.2 Å². The molecule has 0 fully saturated rings. The minimum absolute atomic E-state index is 0.0157. The van der Waals surface area contributed by atoms with Crippen LogP contribution < -0.4 is 21.9 Å². The number of aromatic nitrogens is 4. The second-order valence-electron chi connectivity index (χ2n) is 9.79.